The summed E-state index contributed by atoms with van der Waals surface area (Å²) in [5, 5.41) is 9.43. The van der Waals surface area contributed by atoms with Crippen molar-refractivity contribution >= 4 is 11.9 Å². The number of carbonyl (C=O) groups excluding carboxylic acids is 1. The van der Waals surface area contributed by atoms with Crippen molar-refractivity contribution in [1.29, 1.82) is 0 Å². The van der Waals surface area contributed by atoms with Crippen molar-refractivity contribution in [3.8, 4) is 0 Å². The molecule has 1 aromatic carbocycles. The first-order chi connectivity index (χ1) is 8.91. The van der Waals surface area contributed by atoms with Gasteiger partial charge in [-0.05, 0) is 43.0 Å². The van der Waals surface area contributed by atoms with Crippen LogP contribution in [0, 0.1) is 12.7 Å². The van der Waals surface area contributed by atoms with E-state index in [9.17, 15) is 19.1 Å². The van der Waals surface area contributed by atoms with Gasteiger partial charge in [0, 0.05) is 13.0 Å². The molecular formula is C14H16FNO3. The van der Waals surface area contributed by atoms with E-state index in [1.165, 1.54) is 30.0 Å². The molecule has 1 saturated carbocycles. The highest BCUT2D eigenvalue weighted by molar-refractivity contribution is 5.84. The fraction of sp³-hybridized carbons (Fsp3) is 0.429. The fourth-order valence-corrected chi connectivity index (χ4v) is 2.35. The Bertz CT molecular complexity index is 525. The van der Waals surface area contributed by atoms with Gasteiger partial charge in [-0.1, -0.05) is 6.07 Å². The molecule has 1 atom stereocenters. The Kier molecular flexibility index (Phi) is 3.55. The van der Waals surface area contributed by atoms with Crippen molar-refractivity contribution in [1.82, 2.24) is 4.90 Å². The lowest BCUT2D eigenvalue weighted by atomic mass is 9.99. The third-order valence-corrected chi connectivity index (χ3v) is 3.34. The molecule has 4 nitrogen and oxygen atoms in total. The molecule has 1 aliphatic rings. The number of carbonyl (C=O) groups is 2. The highest BCUT2D eigenvalue weighted by Crippen LogP contribution is 2.35. The molecule has 2 rings (SSSR count). The molecule has 0 aromatic heterocycles. The minimum Gasteiger partial charge on any atom is -0.479 e. The Morgan fingerprint density at radius 1 is 1.42 bits per heavy atom. The van der Waals surface area contributed by atoms with Crippen LogP contribution in [0.4, 0.5) is 4.39 Å². The van der Waals surface area contributed by atoms with Crippen LogP contribution in [0.15, 0.2) is 18.2 Å². The number of hydrogen-bond acceptors (Lipinski definition) is 2. The number of hydrogen-bond donors (Lipinski definition) is 1. The minimum atomic E-state index is -1.09. The number of nitrogens with zero attached hydrogens (tertiary/aromatic N) is 1. The van der Waals surface area contributed by atoms with Gasteiger partial charge in [-0.25, -0.2) is 9.18 Å². The van der Waals surface area contributed by atoms with Gasteiger partial charge in [0.15, 0.2) is 6.04 Å². The quantitative estimate of drug-likeness (QED) is 0.908. The summed E-state index contributed by atoms with van der Waals surface area (Å²) in [4.78, 5) is 24.6. The molecule has 0 bridgehead atoms. The van der Waals surface area contributed by atoms with Gasteiger partial charge in [0.1, 0.15) is 5.82 Å². The van der Waals surface area contributed by atoms with E-state index in [0.717, 1.165) is 12.8 Å². The number of carboxylic acid groups (broad SMARTS) is 1. The first-order valence-corrected chi connectivity index (χ1v) is 6.19. The van der Waals surface area contributed by atoms with Gasteiger partial charge in [-0.3, -0.25) is 4.79 Å². The van der Waals surface area contributed by atoms with Crippen LogP contribution < -0.4 is 0 Å². The number of benzene rings is 1. The maximum atomic E-state index is 13.1. The summed E-state index contributed by atoms with van der Waals surface area (Å²) in [6, 6.07) is 2.91. The van der Waals surface area contributed by atoms with Crippen LogP contribution in [0.25, 0.3) is 0 Å². The van der Waals surface area contributed by atoms with Crippen LogP contribution in [-0.2, 0) is 9.59 Å². The van der Waals surface area contributed by atoms with E-state index in [-0.39, 0.29) is 11.9 Å². The van der Waals surface area contributed by atoms with Crippen molar-refractivity contribution in [3.63, 3.8) is 0 Å². The fourth-order valence-electron chi connectivity index (χ4n) is 2.35. The summed E-state index contributed by atoms with van der Waals surface area (Å²) in [5.41, 5.74) is 1.01. The molecule has 102 valence electrons. The zero-order valence-corrected chi connectivity index (χ0v) is 10.9. The van der Waals surface area contributed by atoms with E-state index in [2.05, 4.69) is 0 Å². The summed E-state index contributed by atoms with van der Waals surface area (Å²) in [5.74, 6) is -1.76. The van der Waals surface area contributed by atoms with Crippen molar-refractivity contribution in [2.75, 3.05) is 0 Å². The third-order valence-electron chi connectivity index (χ3n) is 3.34. The van der Waals surface area contributed by atoms with Crippen LogP contribution in [0.3, 0.4) is 0 Å². The van der Waals surface area contributed by atoms with Crippen molar-refractivity contribution in [2.45, 2.75) is 38.8 Å². The second-order valence-corrected chi connectivity index (χ2v) is 4.90. The first kappa shape index (κ1) is 13.5. The van der Waals surface area contributed by atoms with Gasteiger partial charge in [0.2, 0.25) is 5.91 Å². The number of carboxylic acids is 1. The molecule has 19 heavy (non-hydrogen) atoms. The highest BCUT2D eigenvalue weighted by Gasteiger charge is 2.40. The maximum Gasteiger partial charge on any atom is 0.331 e. The number of halogens is 1. The van der Waals surface area contributed by atoms with Gasteiger partial charge in [0.25, 0.3) is 0 Å². The van der Waals surface area contributed by atoms with E-state index >= 15 is 0 Å². The molecule has 5 heteroatoms. The summed E-state index contributed by atoms with van der Waals surface area (Å²) in [7, 11) is 0. The van der Waals surface area contributed by atoms with Gasteiger partial charge in [-0.2, -0.15) is 0 Å². The Hall–Kier alpha value is -1.91. The third kappa shape index (κ3) is 2.75. The maximum absolute atomic E-state index is 13.1. The Morgan fingerprint density at radius 2 is 2.05 bits per heavy atom. The first-order valence-electron chi connectivity index (χ1n) is 6.19. The molecule has 0 saturated heterocycles. The molecular weight excluding hydrogens is 249 g/mol. The second kappa shape index (κ2) is 4.99. The Balaban J connectivity index is 2.44. The van der Waals surface area contributed by atoms with Gasteiger partial charge < -0.3 is 10.0 Å². The number of amides is 1. The van der Waals surface area contributed by atoms with E-state index < -0.39 is 17.8 Å². The van der Waals surface area contributed by atoms with E-state index in [4.69, 9.17) is 0 Å². The summed E-state index contributed by atoms with van der Waals surface area (Å²) in [6.07, 6.45) is 1.65. The van der Waals surface area contributed by atoms with Crippen molar-refractivity contribution in [3.05, 3.63) is 35.1 Å². The normalized spacial score (nSPS) is 15.9. The zero-order chi connectivity index (χ0) is 14.2. The molecule has 0 aliphatic heterocycles. The van der Waals surface area contributed by atoms with E-state index in [0.29, 0.717) is 11.1 Å². The lowest BCUT2D eigenvalue weighted by Gasteiger charge is -2.29. The van der Waals surface area contributed by atoms with Gasteiger partial charge >= 0.3 is 5.97 Å². The zero-order valence-electron chi connectivity index (χ0n) is 10.9. The highest BCUT2D eigenvalue weighted by atomic mass is 19.1. The van der Waals surface area contributed by atoms with Crippen molar-refractivity contribution in [2.24, 2.45) is 0 Å². The molecule has 1 aliphatic carbocycles. The average Bonchev–Trinajstić information content (AvgIpc) is 3.10. The van der Waals surface area contributed by atoms with E-state index in [1.807, 2.05) is 0 Å². The monoisotopic (exact) mass is 265 g/mol. The molecule has 1 aromatic rings. The lowest BCUT2D eigenvalue weighted by molar-refractivity contribution is -0.150. The second-order valence-electron chi connectivity index (χ2n) is 4.90. The molecule has 0 spiro atoms. The standard InChI is InChI=1S/C14H16FNO3/c1-8-7-10(15)3-6-12(8)13(14(18)19)16(9(2)17)11-4-5-11/h3,6-7,11,13H,4-5H2,1-2H3,(H,18,19). The summed E-state index contributed by atoms with van der Waals surface area (Å²) < 4.78 is 13.1. The molecule has 1 unspecified atom stereocenters. The topological polar surface area (TPSA) is 57.6 Å². The number of aliphatic carboxylic acids is 1. The molecule has 1 amide bonds. The number of aryl methyl sites for hydroxylation is 1. The largest absolute Gasteiger partial charge is 0.479 e. The van der Waals surface area contributed by atoms with Crippen molar-refractivity contribution < 1.29 is 19.1 Å². The summed E-state index contributed by atoms with van der Waals surface area (Å²) in [6.45, 7) is 3.02. The van der Waals surface area contributed by atoms with Crippen LogP contribution in [-0.4, -0.2) is 27.9 Å². The predicted octanol–water partition coefficient (Wildman–Crippen LogP) is 2.27. The number of rotatable bonds is 4. The molecule has 0 heterocycles. The predicted molar refractivity (Wildman–Crippen MR) is 67.1 cm³/mol. The van der Waals surface area contributed by atoms with E-state index in [1.54, 1.807) is 6.92 Å². The van der Waals surface area contributed by atoms with Crippen LogP contribution in [0.2, 0.25) is 0 Å². The minimum absolute atomic E-state index is 0.0111. The Morgan fingerprint density at radius 3 is 2.47 bits per heavy atom. The lowest BCUT2D eigenvalue weighted by Crippen LogP contribution is -2.39. The van der Waals surface area contributed by atoms with Gasteiger partial charge in [-0.15, -0.1) is 0 Å². The van der Waals surface area contributed by atoms with Crippen LogP contribution in [0.1, 0.15) is 36.9 Å². The molecule has 1 N–H and O–H groups in total. The van der Waals surface area contributed by atoms with Gasteiger partial charge in [0.05, 0.1) is 0 Å². The smallest absolute Gasteiger partial charge is 0.331 e. The average molecular weight is 265 g/mol. The Labute approximate surface area is 110 Å². The molecule has 0 radical (unpaired) electrons. The van der Waals surface area contributed by atoms with Crippen LogP contribution in [0.5, 0.6) is 0 Å². The summed E-state index contributed by atoms with van der Waals surface area (Å²) >= 11 is 0. The van der Waals surface area contributed by atoms with Crippen LogP contribution >= 0.6 is 0 Å². The molecule has 1 fully saturated rings. The SMILES string of the molecule is CC(=O)N(C1CC1)C(C(=O)O)c1ccc(F)cc1C.